The van der Waals surface area contributed by atoms with Gasteiger partial charge in [0.25, 0.3) is 0 Å². The van der Waals surface area contributed by atoms with E-state index in [1.807, 2.05) is 54.6 Å². The van der Waals surface area contributed by atoms with Gasteiger partial charge in [-0.15, -0.1) is 0 Å². The maximum atomic E-state index is 12.1. The highest BCUT2D eigenvalue weighted by Gasteiger charge is 2.04. The van der Waals surface area contributed by atoms with Crippen molar-refractivity contribution in [3.8, 4) is 0 Å². The number of hydrogen-bond acceptors (Lipinski definition) is 2. The average Bonchev–Trinajstić information content (AvgIpc) is 2.60. The first-order valence-electron chi connectivity index (χ1n) is 7.76. The number of guanidine groups is 1. The van der Waals surface area contributed by atoms with Crippen LogP contribution in [0.4, 0.5) is 0 Å². The van der Waals surface area contributed by atoms with E-state index in [0.29, 0.717) is 30.6 Å². The van der Waals surface area contributed by atoms with Crippen LogP contribution in [0.3, 0.4) is 0 Å². The number of nitrogens with zero attached hydrogens (tertiary/aromatic N) is 1. The van der Waals surface area contributed by atoms with E-state index in [1.54, 1.807) is 7.05 Å². The molecule has 2 aromatic carbocycles. The predicted molar refractivity (Wildman–Crippen MR) is 103 cm³/mol. The van der Waals surface area contributed by atoms with Crippen LogP contribution in [0.15, 0.2) is 59.6 Å². The lowest BCUT2D eigenvalue weighted by atomic mass is 10.2. The number of nitrogens with one attached hydrogen (secondary N) is 2. The first-order chi connectivity index (χ1) is 11.7. The second kappa shape index (κ2) is 10.1. The van der Waals surface area contributed by atoms with Crippen LogP contribution in [0.2, 0.25) is 5.02 Å². The molecule has 0 aliphatic carbocycles. The fourth-order valence-electron chi connectivity index (χ4n) is 2.16. The Hall–Kier alpha value is -1.85. The van der Waals surface area contributed by atoms with Crippen LogP contribution >= 0.6 is 11.6 Å². The Morgan fingerprint density at radius 3 is 2.50 bits per heavy atom. The molecule has 0 fully saturated rings. The van der Waals surface area contributed by atoms with Crippen molar-refractivity contribution in [2.45, 2.75) is 12.3 Å². The molecular weight excluding hydrogens is 342 g/mol. The Labute approximate surface area is 150 Å². The van der Waals surface area contributed by atoms with Crippen LogP contribution in [-0.4, -0.2) is 29.5 Å². The number of hydrogen-bond donors (Lipinski definition) is 2. The third-order valence-corrected chi connectivity index (χ3v) is 5.10. The molecule has 0 aliphatic heterocycles. The van der Waals surface area contributed by atoms with Gasteiger partial charge < -0.3 is 10.6 Å². The van der Waals surface area contributed by atoms with Crippen molar-refractivity contribution in [1.82, 2.24) is 10.6 Å². The minimum atomic E-state index is -0.899. The number of halogens is 1. The van der Waals surface area contributed by atoms with Crippen molar-refractivity contribution in [3.63, 3.8) is 0 Å². The van der Waals surface area contributed by atoms with E-state index in [1.165, 1.54) is 0 Å². The Bertz CT molecular complexity index is 692. The minimum Gasteiger partial charge on any atom is -0.355 e. The molecule has 0 radical (unpaired) electrons. The molecule has 0 aliphatic rings. The van der Waals surface area contributed by atoms with Crippen LogP contribution in [0.5, 0.6) is 0 Å². The fraction of sp³-hybridized carbons (Fsp3) is 0.278. The molecule has 0 bridgehead atoms. The fourth-order valence-corrected chi connectivity index (χ4v) is 3.40. The van der Waals surface area contributed by atoms with Gasteiger partial charge in [-0.05, 0) is 17.2 Å². The first-order valence-corrected chi connectivity index (χ1v) is 9.62. The van der Waals surface area contributed by atoms with E-state index in [-0.39, 0.29) is 0 Å². The summed E-state index contributed by atoms with van der Waals surface area (Å²) in [5.41, 5.74) is 2.10. The lowest BCUT2D eigenvalue weighted by molar-refractivity contribution is 0.680. The summed E-state index contributed by atoms with van der Waals surface area (Å²) in [6, 6.07) is 17.6. The van der Waals surface area contributed by atoms with Crippen LogP contribution in [-0.2, 0) is 23.1 Å². The molecule has 2 rings (SSSR count). The van der Waals surface area contributed by atoms with Crippen LogP contribution in [0.25, 0.3) is 0 Å². The highest BCUT2D eigenvalue weighted by Crippen LogP contribution is 2.14. The van der Waals surface area contributed by atoms with Crippen molar-refractivity contribution in [1.29, 1.82) is 0 Å². The molecule has 2 aromatic rings. The molecule has 0 saturated carbocycles. The molecule has 2 N–H and O–H groups in total. The maximum Gasteiger partial charge on any atom is 0.191 e. The normalized spacial score (nSPS) is 12.7. The van der Waals surface area contributed by atoms with Crippen molar-refractivity contribution < 1.29 is 4.21 Å². The van der Waals surface area contributed by atoms with E-state index in [0.717, 1.165) is 16.1 Å². The topological polar surface area (TPSA) is 53.5 Å². The molecule has 24 heavy (non-hydrogen) atoms. The summed E-state index contributed by atoms with van der Waals surface area (Å²) in [5.74, 6) is 1.82. The summed E-state index contributed by atoms with van der Waals surface area (Å²) in [6.45, 7) is 1.19. The zero-order valence-corrected chi connectivity index (χ0v) is 15.2. The molecule has 4 nitrogen and oxygen atoms in total. The van der Waals surface area contributed by atoms with Gasteiger partial charge in [-0.2, -0.15) is 0 Å². The van der Waals surface area contributed by atoms with Crippen LogP contribution in [0.1, 0.15) is 11.1 Å². The number of rotatable bonds is 7. The second-order valence-corrected chi connectivity index (χ2v) is 7.20. The summed E-state index contributed by atoms with van der Waals surface area (Å²) < 4.78 is 12.1. The van der Waals surface area contributed by atoms with Crippen LogP contribution < -0.4 is 10.6 Å². The first kappa shape index (κ1) is 18.5. The quantitative estimate of drug-likeness (QED) is 0.587. The molecular formula is C18H22ClN3OS. The van der Waals surface area contributed by atoms with Gasteiger partial charge in [0.2, 0.25) is 0 Å². The van der Waals surface area contributed by atoms with Crippen molar-refractivity contribution in [3.05, 3.63) is 70.7 Å². The van der Waals surface area contributed by atoms with Gasteiger partial charge in [0.15, 0.2) is 5.96 Å². The van der Waals surface area contributed by atoms with Crippen molar-refractivity contribution in [2.75, 3.05) is 19.3 Å². The number of benzene rings is 2. The molecule has 128 valence electrons. The van der Waals surface area contributed by atoms with Crippen molar-refractivity contribution in [2.24, 2.45) is 4.99 Å². The molecule has 0 aromatic heterocycles. The largest absolute Gasteiger partial charge is 0.355 e. The molecule has 0 spiro atoms. The lowest BCUT2D eigenvalue weighted by Gasteiger charge is -2.12. The Balaban J connectivity index is 1.72. The lowest BCUT2D eigenvalue weighted by Crippen LogP contribution is -2.38. The zero-order valence-electron chi connectivity index (χ0n) is 13.7. The summed E-state index contributed by atoms with van der Waals surface area (Å²) >= 11 is 6.13. The van der Waals surface area contributed by atoms with E-state index in [2.05, 4.69) is 15.6 Å². The minimum absolute atomic E-state index is 0.571. The number of aliphatic imine (C=N–C) groups is 1. The monoisotopic (exact) mass is 363 g/mol. The molecule has 0 amide bonds. The molecule has 1 unspecified atom stereocenters. The van der Waals surface area contributed by atoms with Gasteiger partial charge >= 0.3 is 0 Å². The Morgan fingerprint density at radius 2 is 1.79 bits per heavy atom. The third-order valence-electron chi connectivity index (χ3n) is 3.42. The standard InChI is InChI=1S/C18H22ClN3OS/c1-20-18(22-13-16-9-5-6-10-17(16)19)21-11-12-24(23)14-15-7-3-2-4-8-15/h2-10H,11-14H2,1H3,(H2,20,21,22). The van der Waals surface area contributed by atoms with Gasteiger partial charge in [0.05, 0.1) is 0 Å². The van der Waals surface area contributed by atoms with Gasteiger partial charge in [-0.25, -0.2) is 0 Å². The molecule has 0 saturated heterocycles. The van der Waals surface area contributed by atoms with E-state index < -0.39 is 10.8 Å². The summed E-state index contributed by atoms with van der Waals surface area (Å²) in [4.78, 5) is 4.17. The second-order valence-electron chi connectivity index (χ2n) is 5.22. The smallest absolute Gasteiger partial charge is 0.191 e. The summed E-state index contributed by atoms with van der Waals surface area (Å²) in [6.07, 6.45) is 0. The van der Waals surface area contributed by atoms with E-state index in [9.17, 15) is 4.21 Å². The maximum absolute atomic E-state index is 12.1. The van der Waals surface area contributed by atoms with Crippen LogP contribution in [0, 0.1) is 0 Å². The van der Waals surface area contributed by atoms with Gasteiger partial charge in [-0.1, -0.05) is 60.1 Å². The SMILES string of the molecule is CN=C(NCCS(=O)Cc1ccccc1)NCc1ccccc1Cl. The van der Waals surface area contributed by atoms with Gasteiger partial charge in [0.1, 0.15) is 0 Å². The van der Waals surface area contributed by atoms with Gasteiger partial charge in [-0.3, -0.25) is 9.20 Å². The summed E-state index contributed by atoms with van der Waals surface area (Å²) in [5, 5.41) is 7.11. The summed E-state index contributed by atoms with van der Waals surface area (Å²) in [7, 11) is 0.812. The average molecular weight is 364 g/mol. The molecule has 0 heterocycles. The van der Waals surface area contributed by atoms with E-state index in [4.69, 9.17) is 11.6 Å². The predicted octanol–water partition coefficient (Wildman–Crippen LogP) is 2.95. The molecule has 6 heteroatoms. The van der Waals surface area contributed by atoms with Crippen molar-refractivity contribution >= 4 is 28.4 Å². The Morgan fingerprint density at radius 1 is 1.08 bits per heavy atom. The third kappa shape index (κ3) is 6.34. The zero-order chi connectivity index (χ0) is 17.2. The van der Waals surface area contributed by atoms with E-state index >= 15 is 0 Å². The highest BCUT2D eigenvalue weighted by atomic mass is 35.5. The van der Waals surface area contributed by atoms with Gasteiger partial charge in [0, 0.05) is 47.5 Å². The highest BCUT2D eigenvalue weighted by molar-refractivity contribution is 7.84. The Kier molecular flexibility index (Phi) is 7.79. The molecule has 1 atom stereocenters.